The summed E-state index contributed by atoms with van der Waals surface area (Å²) in [6.45, 7) is 4.36. The predicted octanol–water partition coefficient (Wildman–Crippen LogP) is 3.38. The Morgan fingerprint density at radius 2 is 2.00 bits per heavy atom. The van der Waals surface area contributed by atoms with Gasteiger partial charge in [-0.15, -0.1) is 0 Å². The molecule has 178 valence electrons. The summed E-state index contributed by atoms with van der Waals surface area (Å²) < 4.78 is 19.3. The minimum absolute atomic E-state index is 0.00229. The van der Waals surface area contributed by atoms with Crippen LogP contribution in [0.4, 0.5) is 4.39 Å². The highest BCUT2D eigenvalue weighted by atomic mass is 19.1. The molecule has 2 N–H and O–H groups in total. The standard InChI is InChI=1S/C25H32FN3O4/c1-16(26)6-5-13-27-20-7-3-2-4-8-22(20)33-18-9-10-19-17(14-18)15-29(25(19)32)21-11-12-23(30)28-24(21)31/h9-10,14,20-22,27H,1-8,11-13,15H2,(H,28,30,31). The zero-order valence-electron chi connectivity index (χ0n) is 18.9. The average molecular weight is 458 g/mol. The third kappa shape index (κ3) is 5.61. The number of imide groups is 1. The molecule has 7 nitrogen and oxygen atoms in total. The quantitative estimate of drug-likeness (QED) is 0.355. The number of carbonyl (C=O) groups excluding carboxylic acids is 3. The van der Waals surface area contributed by atoms with Gasteiger partial charge in [0.25, 0.3) is 5.91 Å². The number of nitrogens with zero attached hydrogens (tertiary/aromatic N) is 1. The van der Waals surface area contributed by atoms with Gasteiger partial charge in [0.1, 0.15) is 17.9 Å². The summed E-state index contributed by atoms with van der Waals surface area (Å²) in [5, 5.41) is 5.87. The van der Waals surface area contributed by atoms with Crippen molar-refractivity contribution < 1.29 is 23.5 Å². The smallest absolute Gasteiger partial charge is 0.255 e. The number of ether oxygens (including phenoxy) is 1. The minimum Gasteiger partial charge on any atom is -0.489 e. The summed E-state index contributed by atoms with van der Waals surface area (Å²) in [5.74, 6) is -0.466. The molecule has 1 aromatic rings. The van der Waals surface area contributed by atoms with Gasteiger partial charge in [-0.05, 0) is 68.8 Å². The number of hydrogen-bond donors (Lipinski definition) is 2. The van der Waals surface area contributed by atoms with Crippen molar-refractivity contribution in [1.82, 2.24) is 15.5 Å². The monoisotopic (exact) mass is 457 g/mol. The Morgan fingerprint density at radius 1 is 1.18 bits per heavy atom. The lowest BCUT2D eigenvalue weighted by Crippen LogP contribution is -2.52. The first kappa shape index (κ1) is 23.4. The lowest BCUT2D eigenvalue weighted by atomic mass is 10.0. The van der Waals surface area contributed by atoms with Crippen molar-refractivity contribution in [2.75, 3.05) is 6.54 Å². The van der Waals surface area contributed by atoms with E-state index in [0.29, 0.717) is 43.7 Å². The van der Waals surface area contributed by atoms with E-state index in [0.717, 1.165) is 31.2 Å². The van der Waals surface area contributed by atoms with Gasteiger partial charge >= 0.3 is 0 Å². The van der Waals surface area contributed by atoms with Gasteiger partial charge in [-0.2, -0.15) is 0 Å². The summed E-state index contributed by atoms with van der Waals surface area (Å²) in [4.78, 5) is 38.1. The Balaban J connectivity index is 1.41. The number of allylic oxidation sites excluding steroid dienone is 1. The molecule has 1 saturated carbocycles. The topological polar surface area (TPSA) is 87.7 Å². The molecule has 3 aliphatic rings. The predicted molar refractivity (Wildman–Crippen MR) is 121 cm³/mol. The molecule has 33 heavy (non-hydrogen) atoms. The van der Waals surface area contributed by atoms with Crippen LogP contribution >= 0.6 is 0 Å². The molecule has 2 aliphatic heterocycles. The molecule has 1 saturated heterocycles. The summed E-state index contributed by atoms with van der Waals surface area (Å²) in [6.07, 6.45) is 6.99. The van der Waals surface area contributed by atoms with Crippen LogP contribution in [-0.4, -0.2) is 47.4 Å². The number of rotatable bonds is 8. The Bertz CT molecular complexity index is 934. The second-order valence-electron chi connectivity index (χ2n) is 9.19. The Hall–Kier alpha value is -2.74. The minimum atomic E-state index is -0.622. The number of benzene rings is 1. The molecule has 1 aliphatic carbocycles. The molecule has 0 bridgehead atoms. The van der Waals surface area contributed by atoms with E-state index in [2.05, 4.69) is 17.2 Å². The molecular formula is C25H32FN3O4. The number of carbonyl (C=O) groups is 3. The van der Waals surface area contributed by atoms with Gasteiger partial charge in [0.15, 0.2) is 0 Å². The first-order chi connectivity index (χ1) is 15.9. The third-order valence-electron chi connectivity index (χ3n) is 6.77. The van der Waals surface area contributed by atoms with Crippen LogP contribution in [0, 0.1) is 0 Å². The highest BCUT2D eigenvalue weighted by Gasteiger charge is 2.39. The molecule has 0 spiro atoms. The highest BCUT2D eigenvalue weighted by Crippen LogP contribution is 2.31. The normalized spacial score (nSPS) is 25.4. The average Bonchev–Trinajstić information content (AvgIpc) is 2.94. The molecular weight excluding hydrogens is 425 g/mol. The maximum Gasteiger partial charge on any atom is 0.255 e. The second kappa shape index (κ2) is 10.5. The molecule has 3 amide bonds. The molecule has 3 atom stereocenters. The molecule has 1 aromatic carbocycles. The van der Waals surface area contributed by atoms with Crippen molar-refractivity contribution in [3.63, 3.8) is 0 Å². The Kier molecular flexibility index (Phi) is 7.42. The van der Waals surface area contributed by atoms with Crippen LogP contribution in [0.3, 0.4) is 0 Å². The summed E-state index contributed by atoms with van der Waals surface area (Å²) in [5.41, 5.74) is 1.41. The van der Waals surface area contributed by atoms with Crippen LogP contribution < -0.4 is 15.4 Å². The number of piperidine rings is 1. The van der Waals surface area contributed by atoms with Crippen molar-refractivity contribution >= 4 is 17.7 Å². The van der Waals surface area contributed by atoms with Crippen molar-refractivity contribution in [1.29, 1.82) is 0 Å². The van der Waals surface area contributed by atoms with Crippen LogP contribution in [0.1, 0.15) is 73.7 Å². The lowest BCUT2D eigenvalue weighted by Gasteiger charge is -2.29. The second-order valence-corrected chi connectivity index (χ2v) is 9.19. The van der Waals surface area contributed by atoms with Crippen LogP contribution in [0.25, 0.3) is 0 Å². The van der Waals surface area contributed by atoms with E-state index in [1.807, 2.05) is 12.1 Å². The van der Waals surface area contributed by atoms with E-state index in [4.69, 9.17) is 4.74 Å². The fraction of sp³-hybridized carbons (Fsp3) is 0.560. The lowest BCUT2D eigenvalue weighted by molar-refractivity contribution is -0.136. The van der Waals surface area contributed by atoms with Gasteiger partial charge in [0, 0.05) is 24.6 Å². The van der Waals surface area contributed by atoms with Crippen LogP contribution in [0.15, 0.2) is 30.6 Å². The Morgan fingerprint density at radius 3 is 2.79 bits per heavy atom. The summed E-state index contributed by atoms with van der Waals surface area (Å²) >= 11 is 0. The zero-order valence-corrected chi connectivity index (χ0v) is 18.9. The van der Waals surface area contributed by atoms with Crippen LogP contribution in [0.2, 0.25) is 0 Å². The number of amides is 3. The Labute approximate surface area is 193 Å². The maximum absolute atomic E-state index is 12.9. The number of hydrogen-bond acceptors (Lipinski definition) is 5. The maximum atomic E-state index is 12.9. The van der Waals surface area contributed by atoms with Gasteiger partial charge in [-0.25, -0.2) is 4.39 Å². The molecule has 0 radical (unpaired) electrons. The molecule has 3 unspecified atom stereocenters. The molecule has 2 fully saturated rings. The first-order valence-electron chi connectivity index (χ1n) is 11.9. The van der Waals surface area contributed by atoms with E-state index < -0.39 is 11.9 Å². The largest absolute Gasteiger partial charge is 0.489 e. The van der Waals surface area contributed by atoms with Gasteiger partial charge < -0.3 is 15.0 Å². The van der Waals surface area contributed by atoms with Crippen LogP contribution in [0.5, 0.6) is 5.75 Å². The fourth-order valence-corrected chi connectivity index (χ4v) is 5.01. The summed E-state index contributed by atoms with van der Waals surface area (Å²) in [6, 6.07) is 5.05. The van der Waals surface area contributed by atoms with E-state index in [9.17, 15) is 18.8 Å². The SMILES string of the molecule is C=C(F)CCCNC1CCCCCC1Oc1ccc2c(c1)CN(C1CCC(=O)NC1=O)C2=O. The highest BCUT2D eigenvalue weighted by molar-refractivity contribution is 6.05. The molecule has 2 heterocycles. The number of nitrogens with one attached hydrogen (secondary N) is 2. The van der Waals surface area contributed by atoms with E-state index in [1.54, 1.807) is 11.0 Å². The summed E-state index contributed by atoms with van der Waals surface area (Å²) in [7, 11) is 0. The molecule has 4 rings (SSSR count). The van der Waals surface area contributed by atoms with Crippen molar-refractivity contribution in [2.24, 2.45) is 0 Å². The van der Waals surface area contributed by atoms with Gasteiger partial charge in [-0.3, -0.25) is 19.7 Å². The van der Waals surface area contributed by atoms with E-state index >= 15 is 0 Å². The van der Waals surface area contributed by atoms with Crippen molar-refractivity contribution in [3.05, 3.63) is 41.7 Å². The fourth-order valence-electron chi connectivity index (χ4n) is 5.01. The van der Waals surface area contributed by atoms with E-state index in [1.165, 1.54) is 6.42 Å². The van der Waals surface area contributed by atoms with Crippen molar-refractivity contribution in [2.45, 2.75) is 82.5 Å². The van der Waals surface area contributed by atoms with Gasteiger partial charge in [0.05, 0.1) is 5.83 Å². The first-order valence-corrected chi connectivity index (χ1v) is 11.9. The van der Waals surface area contributed by atoms with E-state index in [-0.39, 0.29) is 36.2 Å². The van der Waals surface area contributed by atoms with Gasteiger partial charge in [-0.1, -0.05) is 19.4 Å². The van der Waals surface area contributed by atoms with Crippen LogP contribution in [-0.2, 0) is 16.1 Å². The number of fused-ring (bicyclic) bond motifs is 1. The number of halogens is 1. The molecule has 8 heteroatoms. The van der Waals surface area contributed by atoms with Gasteiger partial charge in [0.2, 0.25) is 11.8 Å². The third-order valence-corrected chi connectivity index (χ3v) is 6.77. The zero-order chi connectivity index (χ0) is 23.4. The van der Waals surface area contributed by atoms with Crippen molar-refractivity contribution in [3.8, 4) is 5.75 Å². The molecule has 0 aromatic heterocycles.